The molecule has 0 amide bonds. The second-order valence-electron chi connectivity index (χ2n) is 5.01. The normalized spacial score (nSPS) is 20.4. The van der Waals surface area contributed by atoms with Gasteiger partial charge in [0, 0.05) is 27.7 Å². The predicted octanol–water partition coefficient (Wildman–Crippen LogP) is 2.25. The van der Waals surface area contributed by atoms with E-state index in [1.807, 2.05) is 31.2 Å². The Bertz CT molecular complexity index is 500. The van der Waals surface area contributed by atoms with Crippen molar-refractivity contribution in [2.24, 2.45) is 0 Å². The van der Waals surface area contributed by atoms with Crippen LogP contribution in [0, 0.1) is 0 Å². The van der Waals surface area contributed by atoms with Gasteiger partial charge in [-0.3, -0.25) is 9.00 Å². The molecule has 110 valence electrons. The van der Waals surface area contributed by atoms with E-state index in [0.717, 1.165) is 17.7 Å². The number of hydrogen-bond acceptors (Lipinski definition) is 4. The fourth-order valence-electron chi connectivity index (χ4n) is 2.36. The number of benzene rings is 1. The molecule has 0 spiro atoms. The summed E-state index contributed by atoms with van der Waals surface area (Å²) in [6.45, 7) is 2.49. The molecule has 1 aromatic carbocycles. The Balaban J connectivity index is 2.00. The minimum Gasteiger partial charge on any atom is -0.493 e. The van der Waals surface area contributed by atoms with Crippen molar-refractivity contribution >= 4 is 16.8 Å². The number of esters is 1. The zero-order valence-corrected chi connectivity index (χ0v) is 12.7. The molecule has 0 bridgehead atoms. The molecule has 1 aliphatic rings. The van der Waals surface area contributed by atoms with E-state index in [1.54, 1.807) is 0 Å². The number of rotatable bonds is 5. The van der Waals surface area contributed by atoms with Crippen molar-refractivity contribution in [1.29, 1.82) is 0 Å². The van der Waals surface area contributed by atoms with Crippen molar-refractivity contribution in [3.63, 3.8) is 0 Å². The molecule has 3 atom stereocenters. The van der Waals surface area contributed by atoms with Crippen LogP contribution in [0.25, 0.3) is 0 Å². The third kappa shape index (κ3) is 3.60. The van der Waals surface area contributed by atoms with Gasteiger partial charge in [-0.15, -0.1) is 0 Å². The summed E-state index contributed by atoms with van der Waals surface area (Å²) < 4.78 is 22.6. The average Bonchev–Trinajstić information content (AvgIpc) is 2.47. The largest absolute Gasteiger partial charge is 0.493 e. The zero-order chi connectivity index (χ0) is 14.5. The second kappa shape index (κ2) is 6.88. The Hall–Kier alpha value is -1.36. The van der Waals surface area contributed by atoms with E-state index < -0.39 is 10.8 Å². The van der Waals surface area contributed by atoms with Crippen LogP contribution in [0.1, 0.15) is 31.2 Å². The van der Waals surface area contributed by atoms with Crippen LogP contribution in [0.15, 0.2) is 24.3 Å². The van der Waals surface area contributed by atoms with Crippen molar-refractivity contribution in [1.82, 2.24) is 0 Å². The van der Waals surface area contributed by atoms with Crippen LogP contribution in [0.4, 0.5) is 0 Å². The highest BCUT2D eigenvalue weighted by Crippen LogP contribution is 2.34. The topological polar surface area (TPSA) is 52.6 Å². The van der Waals surface area contributed by atoms with Gasteiger partial charge in [0.25, 0.3) is 0 Å². The van der Waals surface area contributed by atoms with Gasteiger partial charge in [0.15, 0.2) is 0 Å². The van der Waals surface area contributed by atoms with E-state index in [-0.39, 0.29) is 23.6 Å². The number of para-hydroxylation sites is 1. The summed E-state index contributed by atoms with van der Waals surface area (Å²) in [7, 11) is 0.306. The molecule has 0 fully saturated rings. The fourth-order valence-corrected chi connectivity index (χ4v) is 3.76. The van der Waals surface area contributed by atoms with E-state index >= 15 is 0 Å². The predicted molar refractivity (Wildman–Crippen MR) is 78.4 cm³/mol. The third-order valence-corrected chi connectivity index (χ3v) is 5.37. The van der Waals surface area contributed by atoms with Crippen molar-refractivity contribution in [2.75, 3.05) is 19.5 Å². The lowest BCUT2D eigenvalue weighted by Crippen LogP contribution is -2.25. The molecule has 1 aliphatic heterocycles. The Kier molecular flexibility index (Phi) is 5.17. The van der Waals surface area contributed by atoms with Crippen LogP contribution < -0.4 is 4.74 Å². The molecule has 2 rings (SSSR count). The fraction of sp³-hybridized carbons (Fsp3) is 0.533. The average molecular weight is 296 g/mol. The molecule has 0 aliphatic carbocycles. The van der Waals surface area contributed by atoms with Crippen molar-refractivity contribution < 1.29 is 18.5 Å². The lowest BCUT2D eigenvalue weighted by Gasteiger charge is -2.26. The number of methoxy groups -OCH3 is 1. The lowest BCUT2D eigenvalue weighted by atomic mass is 9.95. The highest BCUT2D eigenvalue weighted by Gasteiger charge is 2.25. The lowest BCUT2D eigenvalue weighted by molar-refractivity contribution is -0.140. The number of ether oxygens (including phenoxy) is 2. The molecule has 0 aromatic heterocycles. The van der Waals surface area contributed by atoms with Gasteiger partial charge in [-0.25, -0.2) is 0 Å². The molecule has 5 heteroatoms. The maximum absolute atomic E-state index is 12.3. The monoisotopic (exact) mass is 296 g/mol. The summed E-state index contributed by atoms with van der Waals surface area (Å²) in [5.41, 5.74) is 1.12. The Morgan fingerprint density at radius 2 is 2.25 bits per heavy atom. The summed E-state index contributed by atoms with van der Waals surface area (Å²) in [5.74, 6) is 1.39. The van der Waals surface area contributed by atoms with Gasteiger partial charge in [-0.1, -0.05) is 25.1 Å². The Labute approximate surface area is 121 Å². The van der Waals surface area contributed by atoms with E-state index in [1.165, 1.54) is 7.11 Å². The van der Waals surface area contributed by atoms with Crippen LogP contribution in [-0.2, 0) is 20.3 Å². The Morgan fingerprint density at radius 3 is 3.00 bits per heavy atom. The van der Waals surface area contributed by atoms with Gasteiger partial charge in [0.2, 0.25) is 0 Å². The van der Waals surface area contributed by atoms with Gasteiger partial charge in [0.1, 0.15) is 5.75 Å². The highest BCUT2D eigenvalue weighted by molar-refractivity contribution is 7.85. The first-order chi connectivity index (χ1) is 9.61. The minimum absolute atomic E-state index is 0.183. The molecule has 0 radical (unpaired) electrons. The van der Waals surface area contributed by atoms with Gasteiger partial charge < -0.3 is 9.47 Å². The number of fused-ring (bicyclic) bond motifs is 1. The minimum atomic E-state index is -1.05. The molecular formula is C15H20O4S. The van der Waals surface area contributed by atoms with Gasteiger partial charge in [-0.05, 0) is 18.1 Å². The molecular weight excluding hydrogens is 276 g/mol. The maximum Gasteiger partial charge on any atom is 0.306 e. The third-order valence-electron chi connectivity index (χ3n) is 3.58. The summed E-state index contributed by atoms with van der Waals surface area (Å²) >= 11 is 0. The van der Waals surface area contributed by atoms with Gasteiger partial charge >= 0.3 is 5.97 Å². The van der Waals surface area contributed by atoms with E-state index in [4.69, 9.17) is 4.74 Å². The molecule has 20 heavy (non-hydrogen) atoms. The van der Waals surface area contributed by atoms with E-state index in [0.29, 0.717) is 12.4 Å². The summed E-state index contributed by atoms with van der Waals surface area (Å²) in [6, 6.07) is 7.89. The molecule has 3 unspecified atom stereocenters. The van der Waals surface area contributed by atoms with E-state index in [9.17, 15) is 9.00 Å². The van der Waals surface area contributed by atoms with Crippen LogP contribution in [-0.4, -0.2) is 34.9 Å². The van der Waals surface area contributed by atoms with E-state index in [2.05, 4.69) is 4.74 Å². The first kappa shape index (κ1) is 15.0. The Morgan fingerprint density at radius 1 is 1.50 bits per heavy atom. The molecule has 0 N–H and O–H groups in total. The summed E-state index contributed by atoms with van der Waals surface area (Å²) in [6.07, 6.45) is 1.07. The van der Waals surface area contributed by atoms with Crippen LogP contribution >= 0.6 is 0 Å². The standard InChI is InChI=1S/C15H20O4S/c1-11(9-15(16)18-2)20(17)10-12-7-8-19-14-6-4-3-5-13(12)14/h3-6,11-12H,7-10H2,1-2H3. The summed E-state index contributed by atoms with van der Waals surface area (Å²) in [5, 5.41) is -0.183. The van der Waals surface area contributed by atoms with Crippen LogP contribution in [0.5, 0.6) is 5.75 Å². The van der Waals surface area contributed by atoms with Crippen molar-refractivity contribution in [3.05, 3.63) is 29.8 Å². The number of carbonyl (C=O) groups excluding carboxylic acids is 1. The molecule has 4 nitrogen and oxygen atoms in total. The van der Waals surface area contributed by atoms with Crippen molar-refractivity contribution in [2.45, 2.75) is 30.9 Å². The maximum atomic E-state index is 12.3. The van der Waals surface area contributed by atoms with Crippen molar-refractivity contribution in [3.8, 4) is 5.75 Å². The number of carbonyl (C=O) groups is 1. The number of hydrogen-bond donors (Lipinski definition) is 0. The summed E-state index contributed by atoms with van der Waals surface area (Å²) in [4.78, 5) is 11.2. The van der Waals surface area contributed by atoms with Gasteiger partial charge in [0.05, 0.1) is 20.1 Å². The molecule has 1 heterocycles. The molecule has 0 saturated carbocycles. The zero-order valence-electron chi connectivity index (χ0n) is 11.8. The van der Waals surface area contributed by atoms with Gasteiger partial charge in [-0.2, -0.15) is 0 Å². The van der Waals surface area contributed by atoms with Crippen LogP contribution in [0.2, 0.25) is 0 Å². The molecule has 0 saturated heterocycles. The first-order valence-electron chi connectivity index (χ1n) is 6.77. The molecule has 1 aromatic rings. The smallest absolute Gasteiger partial charge is 0.306 e. The SMILES string of the molecule is COC(=O)CC(C)S(=O)CC1CCOc2ccccc21. The first-order valence-corrected chi connectivity index (χ1v) is 8.15. The highest BCUT2D eigenvalue weighted by atomic mass is 32.2. The van der Waals surface area contributed by atoms with Crippen LogP contribution in [0.3, 0.4) is 0 Å². The second-order valence-corrected chi connectivity index (χ2v) is 6.91. The quantitative estimate of drug-likeness (QED) is 0.782.